The van der Waals surface area contributed by atoms with Crippen molar-refractivity contribution in [2.75, 3.05) is 5.32 Å². The monoisotopic (exact) mass is 409 g/mol. The highest BCUT2D eigenvalue weighted by Gasteiger charge is 2.08. The highest BCUT2D eigenvalue weighted by atomic mass is 35.5. The Morgan fingerprint density at radius 3 is 2.27 bits per heavy atom. The minimum Gasteiger partial charge on any atom is -0.488 e. The molecule has 3 rings (SSSR count). The van der Waals surface area contributed by atoms with Crippen LogP contribution in [0.5, 0.6) is 5.75 Å². The third-order valence-corrected chi connectivity index (χ3v) is 4.59. The molecule has 6 heteroatoms. The van der Waals surface area contributed by atoms with E-state index in [2.05, 4.69) is 5.32 Å². The van der Waals surface area contributed by atoms with Crippen LogP contribution in [0.1, 0.15) is 11.1 Å². The molecule has 0 unspecified atom stereocenters. The molecule has 1 N–H and O–H groups in total. The lowest BCUT2D eigenvalue weighted by atomic mass is 10.2. The molecule has 3 aromatic carbocycles. The minimum atomic E-state index is -0.377. The van der Waals surface area contributed by atoms with Gasteiger partial charge in [0, 0.05) is 33.4 Å². The molecule has 0 bridgehead atoms. The molecular formula is C20H15Cl3FNO. The van der Waals surface area contributed by atoms with Crippen molar-refractivity contribution in [2.45, 2.75) is 13.2 Å². The lowest BCUT2D eigenvalue weighted by Gasteiger charge is -2.14. The second kappa shape index (κ2) is 8.63. The van der Waals surface area contributed by atoms with E-state index in [1.54, 1.807) is 18.2 Å². The molecule has 0 spiro atoms. The van der Waals surface area contributed by atoms with Crippen LogP contribution in [0, 0.1) is 5.82 Å². The molecule has 0 saturated heterocycles. The van der Waals surface area contributed by atoms with E-state index in [4.69, 9.17) is 39.5 Å². The number of ether oxygens (including phenoxy) is 1. The van der Waals surface area contributed by atoms with Crippen molar-refractivity contribution in [3.8, 4) is 5.75 Å². The van der Waals surface area contributed by atoms with Crippen molar-refractivity contribution in [3.63, 3.8) is 0 Å². The van der Waals surface area contributed by atoms with Gasteiger partial charge in [0.05, 0.1) is 5.02 Å². The Hall–Kier alpha value is -1.94. The molecule has 0 aliphatic rings. The van der Waals surface area contributed by atoms with Crippen molar-refractivity contribution in [1.29, 1.82) is 0 Å². The second-order valence-electron chi connectivity index (χ2n) is 5.64. The summed E-state index contributed by atoms with van der Waals surface area (Å²) < 4.78 is 19.0. The van der Waals surface area contributed by atoms with E-state index in [1.807, 2.05) is 30.3 Å². The van der Waals surface area contributed by atoms with Gasteiger partial charge in [-0.25, -0.2) is 4.39 Å². The van der Waals surface area contributed by atoms with E-state index in [-0.39, 0.29) is 12.4 Å². The maximum Gasteiger partial charge on any atom is 0.124 e. The lowest BCUT2D eigenvalue weighted by Crippen LogP contribution is -2.04. The Labute approximate surface area is 166 Å². The second-order valence-corrected chi connectivity index (χ2v) is 6.92. The molecule has 0 amide bonds. The van der Waals surface area contributed by atoms with Crippen LogP contribution in [0.15, 0.2) is 60.7 Å². The zero-order valence-corrected chi connectivity index (χ0v) is 15.9. The van der Waals surface area contributed by atoms with Crippen LogP contribution in [0.2, 0.25) is 15.1 Å². The van der Waals surface area contributed by atoms with Crippen molar-refractivity contribution >= 4 is 40.5 Å². The lowest BCUT2D eigenvalue weighted by molar-refractivity contribution is 0.303. The molecule has 0 aliphatic heterocycles. The summed E-state index contributed by atoms with van der Waals surface area (Å²) in [4.78, 5) is 0. The molecule has 0 radical (unpaired) electrons. The predicted molar refractivity (Wildman–Crippen MR) is 106 cm³/mol. The summed E-state index contributed by atoms with van der Waals surface area (Å²) in [6.45, 7) is 0.753. The van der Waals surface area contributed by atoms with Crippen LogP contribution in [-0.4, -0.2) is 0 Å². The van der Waals surface area contributed by atoms with Gasteiger partial charge in [-0.05, 0) is 54.6 Å². The fourth-order valence-corrected chi connectivity index (χ4v) is 2.93. The number of benzene rings is 3. The molecule has 26 heavy (non-hydrogen) atoms. The van der Waals surface area contributed by atoms with E-state index in [0.717, 1.165) is 11.3 Å². The van der Waals surface area contributed by atoms with E-state index in [1.165, 1.54) is 12.1 Å². The molecule has 3 aromatic rings. The summed E-state index contributed by atoms with van der Waals surface area (Å²) in [5.74, 6) is 0.300. The zero-order valence-electron chi connectivity index (χ0n) is 13.6. The highest BCUT2D eigenvalue weighted by molar-refractivity contribution is 6.31. The van der Waals surface area contributed by atoms with Gasteiger partial charge in [0.2, 0.25) is 0 Å². The standard InChI is InChI=1S/C20H15Cl3FNO/c21-15-2-6-18(7-3-15)25-11-14-9-16(22)4-8-20(14)26-12-13-1-5-17(24)10-19(13)23/h1-10,25H,11-12H2. The molecule has 0 saturated carbocycles. The summed E-state index contributed by atoms with van der Waals surface area (Å²) >= 11 is 18.1. The van der Waals surface area contributed by atoms with Crippen LogP contribution in [0.25, 0.3) is 0 Å². The largest absolute Gasteiger partial charge is 0.488 e. The third kappa shape index (κ3) is 5.04. The Kier molecular flexibility index (Phi) is 6.25. The first kappa shape index (κ1) is 18.8. The van der Waals surface area contributed by atoms with Gasteiger partial charge in [-0.3, -0.25) is 0 Å². The molecule has 0 aromatic heterocycles. The van der Waals surface area contributed by atoms with Crippen LogP contribution < -0.4 is 10.1 Å². The van der Waals surface area contributed by atoms with E-state index in [0.29, 0.717) is 32.9 Å². The Morgan fingerprint density at radius 1 is 0.808 bits per heavy atom. The number of rotatable bonds is 6. The van der Waals surface area contributed by atoms with E-state index in [9.17, 15) is 4.39 Å². The normalized spacial score (nSPS) is 10.6. The number of nitrogens with one attached hydrogen (secondary N) is 1. The third-order valence-electron chi connectivity index (χ3n) is 3.75. The first-order chi connectivity index (χ1) is 12.5. The molecule has 0 aliphatic carbocycles. The van der Waals surface area contributed by atoms with Gasteiger partial charge in [0.1, 0.15) is 18.2 Å². The van der Waals surface area contributed by atoms with Gasteiger partial charge in [-0.1, -0.05) is 40.9 Å². The van der Waals surface area contributed by atoms with E-state index >= 15 is 0 Å². The Bertz CT molecular complexity index is 900. The fraction of sp³-hybridized carbons (Fsp3) is 0.100. The first-order valence-corrected chi connectivity index (χ1v) is 8.99. The van der Waals surface area contributed by atoms with Gasteiger partial charge in [0.15, 0.2) is 0 Å². The number of halogens is 4. The Balaban J connectivity index is 1.71. The van der Waals surface area contributed by atoms with Gasteiger partial charge in [-0.15, -0.1) is 0 Å². The molecular weight excluding hydrogens is 396 g/mol. The molecule has 0 heterocycles. The summed E-state index contributed by atoms with van der Waals surface area (Å²) in [6.07, 6.45) is 0. The van der Waals surface area contributed by atoms with Crippen molar-refractivity contribution in [1.82, 2.24) is 0 Å². The number of anilines is 1. The van der Waals surface area contributed by atoms with Crippen LogP contribution in [0.3, 0.4) is 0 Å². The van der Waals surface area contributed by atoms with E-state index < -0.39 is 0 Å². The topological polar surface area (TPSA) is 21.3 Å². The summed E-state index contributed by atoms with van der Waals surface area (Å²) in [6, 6.07) is 17.1. The van der Waals surface area contributed by atoms with Crippen molar-refractivity contribution in [3.05, 3.63) is 92.7 Å². The van der Waals surface area contributed by atoms with Gasteiger partial charge < -0.3 is 10.1 Å². The summed E-state index contributed by atoms with van der Waals surface area (Å²) in [5, 5.41) is 4.93. The van der Waals surface area contributed by atoms with Gasteiger partial charge in [0.25, 0.3) is 0 Å². The minimum absolute atomic E-state index is 0.231. The molecule has 134 valence electrons. The molecule has 0 fully saturated rings. The smallest absolute Gasteiger partial charge is 0.124 e. The number of hydrogen-bond acceptors (Lipinski definition) is 2. The van der Waals surface area contributed by atoms with Gasteiger partial charge >= 0.3 is 0 Å². The van der Waals surface area contributed by atoms with Gasteiger partial charge in [-0.2, -0.15) is 0 Å². The van der Waals surface area contributed by atoms with Crippen molar-refractivity contribution < 1.29 is 9.13 Å². The van der Waals surface area contributed by atoms with Crippen LogP contribution in [0.4, 0.5) is 10.1 Å². The van der Waals surface area contributed by atoms with Crippen LogP contribution >= 0.6 is 34.8 Å². The average Bonchev–Trinajstić information content (AvgIpc) is 2.62. The maximum absolute atomic E-state index is 13.1. The molecule has 0 atom stereocenters. The highest BCUT2D eigenvalue weighted by Crippen LogP contribution is 2.26. The maximum atomic E-state index is 13.1. The summed E-state index contributed by atoms with van der Waals surface area (Å²) in [7, 11) is 0. The quantitative estimate of drug-likeness (QED) is 0.473. The average molecular weight is 411 g/mol. The van der Waals surface area contributed by atoms with Crippen molar-refractivity contribution in [2.24, 2.45) is 0 Å². The first-order valence-electron chi connectivity index (χ1n) is 7.86. The zero-order chi connectivity index (χ0) is 18.5. The SMILES string of the molecule is Fc1ccc(COc2ccc(Cl)cc2CNc2ccc(Cl)cc2)c(Cl)c1. The fourth-order valence-electron chi connectivity index (χ4n) is 2.39. The Morgan fingerprint density at radius 2 is 1.54 bits per heavy atom. The number of hydrogen-bond donors (Lipinski definition) is 1. The summed E-state index contributed by atoms with van der Waals surface area (Å²) in [5.41, 5.74) is 2.53. The molecule has 2 nitrogen and oxygen atoms in total. The predicted octanol–water partition coefficient (Wildman–Crippen LogP) is 6.98. The van der Waals surface area contributed by atoms with Crippen LogP contribution in [-0.2, 0) is 13.2 Å².